The van der Waals surface area contributed by atoms with E-state index in [-0.39, 0.29) is 12.1 Å². The molecule has 1 aromatic carbocycles. The van der Waals surface area contributed by atoms with E-state index in [0.717, 1.165) is 23.5 Å². The molecule has 140 valence electrons. The van der Waals surface area contributed by atoms with Gasteiger partial charge in [0.05, 0.1) is 13.2 Å². The number of nitrogens with one attached hydrogen (secondary N) is 2. The van der Waals surface area contributed by atoms with Crippen LogP contribution in [0.2, 0.25) is 0 Å². The molecule has 0 aliphatic carbocycles. The largest absolute Gasteiger partial charge is 0.490 e. The normalized spacial score (nSPS) is 16.5. The van der Waals surface area contributed by atoms with Gasteiger partial charge in [-0.2, -0.15) is 0 Å². The molecule has 2 unspecified atom stereocenters. The van der Waals surface area contributed by atoms with Crippen LogP contribution in [-0.2, 0) is 4.74 Å². The van der Waals surface area contributed by atoms with Crippen molar-refractivity contribution < 1.29 is 19.0 Å². The molecule has 0 radical (unpaired) electrons. The number of rotatable bonds is 5. The lowest BCUT2D eigenvalue weighted by Crippen LogP contribution is -2.41. The fourth-order valence-corrected chi connectivity index (χ4v) is 2.58. The Kier molecular flexibility index (Phi) is 6.53. The number of carbonyl (C=O) groups is 1. The maximum Gasteiger partial charge on any atom is 0.407 e. The first kappa shape index (κ1) is 19.4. The maximum absolute atomic E-state index is 11.7. The summed E-state index contributed by atoms with van der Waals surface area (Å²) in [6.45, 7) is 11.5. The van der Waals surface area contributed by atoms with E-state index in [0.29, 0.717) is 19.8 Å². The van der Waals surface area contributed by atoms with Crippen molar-refractivity contribution in [3.63, 3.8) is 0 Å². The van der Waals surface area contributed by atoms with Gasteiger partial charge in [-0.05, 0) is 52.3 Å². The summed E-state index contributed by atoms with van der Waals surface area (Å²) in [5.74, 6) is 1.59. The SMILES string of the molecule is CC(CNC(=O)OC(C)(C)C)NC(C)c1ccc2c(c1)OCCCO2. The minimum atomic E-state index is -0.488. The van der Waals surface area contributed by atoms with Crippen LogP contribution in [0.25, 0.3) is 0 Å². The van der Waals surface area contributed by atoms with E-state index in [1.807, 2.05) is 45.9 Å². The van der Waals surface area contributed by atoms with Crippen LogP contribution in [0, 0.1) is 0 Å². The Bertz CT molecular complexity index is 583. The van der Waals surface area contributed by atoms with Crippen LogP contribution < -0.4 is 20.1 Å². The standard InChI is InChI=1S/C19H30N2O4/c1-13(12-20-18(22)25-19(3,4)5)21-14(2)15-7-8-16-17(11-15)24-10-6-9-23-16/h7-8,11,13-14,21H,6,9-10,12H2,1-5H3,(H,20,22). The van der Waals surface area contributed by atoms with Gasteiger partial charge in [-0.15, -0.1) is 0 Å². The molecule has 6 nitrogen and oxygen atoms in total. The molecule has 0 spiro atoms. The van der Waals surface area contributed by atoms with Crippen LogP contribution in [0.1, 0.15) is 52.6 Å². The second-order valence-corrected chi connectivity index (χ2v) is 7.43. The molecule has 2 N–H and O–H groups in total. The lowest BCUT2D eigenvalue weighted by atomic mass is 10.1. The van der Waals surface area contributed by atoms with E-state index in [1.54, 1.807) is 0 Å². The van der Waals surface area contributed by atoms with Gasteiger partial charge in [0.2, 0.25) is 0 Å². The number of alkyl carbamates (subject to hydrolysis) is 1. The van der Waals surface area contributed by atoms with E-state index >= 15 is 0 Å². The van der Waals surface area contributed by atoms with E-state index in [4.69, 9.17) is 14.2 Å². The second kappa shape index (κ2) is 8.43. The van der Waals surface area contributed by atoms with Gasteiger partial charge in [0.25, 0.3) is 0 Å². The molecule has 0 fully saturated rings. The predicted molar refractivity (Wildman–Crippen MR) is 97.3 cm³/mol. The lowest BCUT2D eigenvalue weighted by Gasteiger charge is -2.23. The molecule has 0 saturated heterocycles. The summed E-state index contributed by atoms with van der Waals surface area (Å²) >= 11 is 0. The summed E-state index contributed by atoms with van der Waals surface area (Å²) in [4.78, 5) is 11.7. The number of hydrogen-bond acceptors (Lipinski definition) is 5. The highest BCUT2D eigenvalue weighted by molar-refractivity contribution is 5.67. The third-order valence-electron chi connectivity index (χ3n) is 3.76. The topological polar surface area (TPSA) is 68.8 Å². The number of fused-ring (bicyclic) bond motifs is 1. The van der Waals surface area contributed by atoms with Crippen molar-refractivity contribution in [3.05, 3.63) is 23.8 Å². The first-order valence-electron chi connectivity index (χ1n) is 8.87. The van der Waals surface area contributed by atoms with Crippen LogP contribution in [-0.4, -0.2) is 37.5 Å². The molecule has 1 aliphatic heterocycles. The Morgan fingerprint density at radius 1 is 1.20 bits per heavy atom. The molecule has 2 rings (SSSR count). The number of amides is 1. The summed E-state index contributed by atoms with van der Waals surface area (Å²) in [6.07, 6.45) is 0.495. The fourth-order valence-electron chi connectivity index (χ4n) is 2.58. The zero-order valence-electron chi connectivity index (χ0n) is 15.8. The summed E-state index contributed by atoms with van der Waals surface area (Å²) in [5.41, 5.74) is 0.631. The van der Waals surface area contributed by atoms with Gasteiger partial charge in [0.15, 0.2) is 11.5 Å². The van der Waals surface area contributed by atoms with Gasteiger partial charge in [-0.3, -0.25) is 0 Å². The van der Waals surface area contributed by atoms with Gasteiger partial charge >= 0.3 is 6.09 Å². The van der Waals surface area contributed by atoms with Crippen LogP contribution in [0.4, 0.5) is 4.79 Å². The first-order valence-corrected chi connectivity index (χ1v) is 8.87. The summed E-state index contributed by atoms with van der Waals surface area (Å²) in [6, 6.07) is 6.23. The van der Waals surface area contributed by atoms with Crippen molar-refractivity contribution in [2.24, 2.45) is 0 Å². The maximum atomic E-state index is 11.7. The van der Waals surface area contributed by atoms with Crippen molar-refractivity contribution in [2.45, 2.75) is 58.7 Å². The summed E-state index contributed by atoms with van der Waals surface area (Å²) < 4.78 is 16.6. The third kappa shape index (κ3) is 6.46. The van der Waals surface area contributed by atoms with Crippen LogP contribution in [0.5, 0.6) is 11.5 Å². The van der Waals surface area contributed by atoms with E-state index in [2.05, 4.69) is 17.6 Å². The highest BCUT2D eigenvalue weighted by Crippen LogP contribution is 2.32. The zero-order valence-corrected chi connectivity index (χ0v) is 15.8. The smallest absolute Gasteiger partial charge is 0.407 e. The average molecular weight is 350 g/mol. The lowest BCUT2D eigenvalue weighted by molar-refractivity contribution is 0.0522. The number of benzene rings is 1. The Hall–Kier alpha value is -1.95. The Morgan fingerprint density at radius 3 is 2.56 bits per heavy atom. The Morgan fingerprint density at radius 2 is 1.88 bits per heavy atom. The highest BCUT2D eigenvalue weighted by atomic mass is 16.6. The predicted octanol–water partition coefficient (Wildman–Crippen LogP) is 3.41. The van der Waals surface area contributed by atoms with Crippen molar-refractivity contribution in [1.29, 1.82) is 0 Å². The zero-order chi connectivity index (χ0) is 18.4. The van der Waals surface area contributed by atoms with Crippen molar-refractivity contribution in [2.75, 3.05) is 19.8 Å². The van der Waals surface area contributed by atoms with Gasteiger partial charge in [0, 0.05) is 25.0 Å². The highest BCUT2D eigenvalue weighted by Gasteiger charge is 2.18. The molecular weight excluding hydrogens is 320 g/mol. The van der Waals surface area contributed by atoms with Crippen molar-refractivity contribution >= 4 is 6.09 Å². The molecule has 25 heavy (non-hydrogen) atoms. The van der Waals surface area contributed by atoms with E-state index < -0.39 is 11.7 Å². The summed E-state index contributed by atoms with van der Waals surface area (Å²) in [7, 11) is 0. The van der Waals surface area contributed by atoms with E-state index in [1.165, 1.54) is 0 Å². The first-order chi connectivity index (χ1) is 11.7. The van der Waals surface area contributed by atoms with Gasteiger partial charge < -0.3 is 24.8 Å². The molecule has 0 aromatic heterocycles. The fraction of sp³-hybridized carbons (Fsp3) is 0.632. The number of hydrogen-bond donors (Lipinski definition) is 2. The van der Waals surface area contributed by atoms with Crippen LogP contribution in [0.15, 0.2) is 18.2 Å². The molecule has 2 atom stereocenters. The molecule has 0 saturated carbocycles. The molecule has 1 amide bonds. The monoisotopic (exact) mass is 350 g/mol. The minimum Gasteiger partial charge on any atom is -0.490 e. The quantitative estimate of drug-likeness (QED) is 0.852. The summed E-state index contributed by atoms with van der Waals surface area (Å²) in [5, 5.41) is 6.26. The van der Waals surface area contributed by atoms with Gasteiger partial charge in [0.1, 0.15) is 5.60 Å². The Labute approximate surface area is 150 Å². The number of carbonyl (C=O) groups excluding carboxylic acids is 1. The third-order valence-corrected chi connectivity index (χ3v) is 3.76. The van der Waals surface area contributed by atoms with Gasteiger partial charge in [-0.25, -0.2) is 4.79 Å². The molecule has 1 aromatic rings. The van der Waals surface area contributed by atoms with Gasteiger partial charge in [-0.1, -0.05) is 6.07 Å². The minimum absolute atomic E-state index is 0.0958. The van der Waals surface area contributed by atoms with E-state index in [9.17, 15) is 4.79 Å². The average Bonchev–Trinajstić information content (AvgIpc) is 2.75. The van der Waals surface area contributed by atoms with Crippen molar-refractivity contribution in [3.8, 4) is 11.5 Å². The molecule has 6 heteroatoms. The molecular formula is C19H30N2O4. The van der Waals surface area contributed by atoms with Crippen LogP contribution in [0.3, 0.4) is 0 Å². The van der Waals surface area contributed by atoms with Crippen molar-refractivity contribution in [1.82, 2.24) is 10.6 Å². The molecule has 1 aliphatic rings. The molecule has 1 heterocycles. The Balaban J connectivity index is 1.85. The molecule has 0 bridgehead atoms. The second-order valence-electron chi connectivity index (χ2n) is 7.43. The van der Waals surface area contributed by atoms with Crippen LogP contribution >= 0.6 is 0 Å². The number of ether oxygens (including phenoxy) is 3.